The lowest BCUT2D eigenvalue weighted by Gasteiger charge is -1.93. The maximum atomic E-state index is 10.4. The topological polar surface area (TPSA) is 26.3 Å². The first-order valence-corrected chi connectivity index (χ1v) is 3.35. The Hall–Kier alpha value is -0.760. The van der Waals surface area contributed by atoms with Crippen LogP contribution in [-0.2, 0) is 9.53 Å². The fourth-order valence-electron chi connectivity index (χ4n) is 0.320. The van der Waals surface area contributed by atoms with Gasteiger partial charge in [-0.15, -0.1) is 11.6 Å². The van der Waals surface area contributed by atoms with Gasteiger partial charge < -0.3 is 4.74 Å². The third kappa shape index (κ3) is 5.38. The number of ether oxygens (including phenoxy) is 1. The lowest BCUT2D eigenvalue weighted by Crippen LogP contribution is -1.98. The fraction of sp³-hybridized carbons (Fsp3) is 0.286. The van der Waals surface area contributed by atoms with E-state index in [9.17, 15) is 4.79 Å². The molecule has 0 amide bonds. The SMILES string of the molecule is C=CC(=O)OC/C=C/CCl. The monoisotopic (exact) mass is 160 g/mol. The molecule has 0 aliphatic rings. The van der Waals surface area contributed by atoms with Gasteiger partial charge in [-0.1, -0.05) is 18.7 Å². The molecule has 2 nitrogen and oxygen atoms in total. The van der Waals surface area contributed by atoms with Crippen LogP contribution in [0.25, 0.3) is 0 Å². The molecule has 0 bridgehead atoms. The summed E-state index contributed by atoms with van der Waals surface area (Å²) in [5.41, 5.74) is 0. The maximum Gasteiger partial charge on any atom is 0.330 e. The van der Waals surface area contributed by atoms with E-state index in [1.165, 1.54) is 0 Å². The molecule has 0 aliphatic carbocycles. The minimum absolute atomic E-state index is 0.261. The standard InChI is InChI=1S/C7H9ClO2/c1-2-7(9)10-6-4-3-5-8/h2-4H,1,5-6H2/b4-3+. The Bertz CT molecular complexity index is 141. The molecule has 0 fully saturated rings. The number of alkyl halides is 1. The zero-order chi connectivity index (χ0) is 7.82. The van der Waals surface area contributed by atoms with E-state index in [4.69, 9.17) is 11.6 Å². The van der Waals surface area contributed by atoms with Gasteiger partial charge in [0, 0.05) is 12.0 Å². The van der Waals surface area contributed by atoms with Crippen molar-refractivity contribution in [2.24, 2.45) is 0 Å². The molecule has 0 rings (SSSR count). The number of hydrogen-bond acceptors (Lipinski definition) is 2. The van der Waals surface area contributed by atoms with E-state index in [1.807, 2.05) is 0 Å². The first-order valence-electron chi connectivity index (χ1n) is 2.81. The summed E-state index contributed by atoms with van der Waals surface area (Å²) in [6, 6.07) is 0. The molecule has 0 unspecified atom stereocenters. The van der Waals surface area contributed by atoms with Crippen molar-refractivity contribution in [3.05, 3.63) is 24.8 Å². The predicted octanol–water partition coefficient (Wildman–Crippen LogP) is 1.51. The van der Waals surface area contributed by atoms with E-state index >= 15 is 0 Å². The summed E-state index contributed by atoms with van der Waals surface area (Å²) in [4.78, 5) is 10.4. The molecule has 0 saturated heterocycles. The highest BCUT2D eigenvalue weighted by Gasteiger charge is 1.88. The van der Waals surface area contributed by atoms with Crippen molar-refractivity contribution in [1.82, 2.24) is 0 Å². The Morgan fingerprint density at radius 1 is 1.60 bits per heavy atom. The number of hydrogen-bond donors (Lipinski definition) is 0. The van der Waals surface area contributed by atoms with Gasteiger partial charge in [0.25, 0.3) is 0 Å². The van der Waals surface area contributed by atoms with Gasteiger partial charge in [0.1, 0.15) is 6.61 Å². The van der Waals surface area contributed by atoms with Gasteiger partial charge in [-0.05, 0) is 0 Å². The van der Waals surface area contributed by atoms with Gasteiger partial charge in [-0.2, -0.15) is 0 Å². The fourth-order valence-corrected chi connectivity index (χ4v) is 0.446. The molecule has 10 heavy (non-hydrogen) atoms. The number of esters is 1. The number of carbonyl (C=O) groups is 1. The Kier molecular flexibility index (Phi) is 5.88. The first-order chi connectivity index (χ1) is 4.81. The van der Waals surface area contributed by atoms with E-state index in [0.29, 0.717) is 5.88 Å². The number of carbonyl (C=O) groups excluding carboxylic acids is 1. The van der Waals surface area contributed by atoms with Crippen LogP contribution in [-0.4, -0.2) is 18.5 Å². The van der Waals surface area contributed by atoms with Gasteiger partial charge in [-0.25, -0.2) is 4.79 Å². The summed E-state index contributed by atoms with van der Waals surface area (Å²) in [5, 5.41) is 0. The van der Waals surface area contributed by atoms with Crippen LogP contribution in [0.3, 0.4) is 0 Å². The van der Waals surface area contributed by atoms with Crippen molar-refractivity contribution in [2.45, 2.75) is 0 Å². The van der Waals surface area contributed by atoms with E-state index < -0.39 is 5.97 Å². The van der Waals surface area contributed by atoms with Gasteiger partial charge in [-0.3, -0.25) is 0 Å². The van der Waals surface area contributed by atoms with Crippen molar-refractivity contribution in [3.63, 3.8) is 0 Å². The van der Waals surface area contributed by atoms with Gasteiger partial charge in [0.05, 0.1) is 0 Å². The molecule has 0 spiro atoms. The smallest absolute Gasteiger partial charge is 0.330 e. The largest absolute Gasteiger partial charge is 0.458 e. The van der Waals surface area contributed by atoms with E-state index in [-0.39, 0.29) is 6.61 Å². The van der Waals surface area contributed by atoms with Crippen LogP contribution in [0.1, 0.15) is 0 Å². The molecule has 56 valence electrons. The summed E-state index contributed by atoms with van der Waals surface area (Å²) >= 11 is 5.30. The van der Waals surface area contributed by atoms with E-state index in [0.717, 1.165) is 6.08 Å². The van der Waals surface area contributed by atoms with E-state index in [1.54, 1.807) is 12.2 Å². The second-order valence-corrected chi connectivity index (χ2v) is 1.77. The molecule has 0 aromatic rings. The minimum Gasteiger partial charge on any atom is -0.458 e. The molecule has 0 atom stereocenters. The second kappa shape index (κ2) is 6.36. The summed E-state index contributed by atoms with van der Waals surface area (Å²) in [5.74, 6) is 0.0188. The zero-order valence-corrected chi connectivity index (χ0v) is 6.30. The van der Waals surface area contributed by atoms with Crippen LogP contribution in [0.5, 0.6) is 0 Å². The van der Waals surface area contributed by atoms with Gasteiger partial charge >= 0.3 is 5.97 Å². The van der Waals surface area contributed by atoms with Crippen LogP contribution in [0.2, 0.25) is 0 Å². The summed E-state index contributed by atoms with van der Waals surface area (Å²) in [7, 11) is 0. The Labute approximate surface area is 65.1 Å². The van der Waals surface area contributed by atoms with Crippen molar-refractivity contribution in [3.8, 4) is 0 Å². The summed E-state index contributed by atoms with van der Waals surface area (Å²) in [6.45, 7) is 3.50. The third-order valence-corrected chi connectivity index (χ3v) is 0.922. The quantitative estimate of drug-likeness (QED) is 0.270. The molecule has 0 aliphatic heterocycles. The minimum atomic E-state index is -0.417. The zero-order valence-electron chi connectivity index (χ0n) is 5.55. The molecule has 0 heterocycles. The molecule has 3 heteroatoms. The predicted molar refractivity (Wildman–Crippen MR) is 41.0 cm³/mol. The number of halogens is 1. The molecular formula is C7H9ClO2. The molecule has 0 N–H and O–H groups in total. The van der Waals surface area contributed by atoms with Crippen molar-refractivity contribution in [1.29, 1.82) is 0 Å². The maximum absolute atomic E-state index is 10.4. The van der Waals surface area contributed by atoms with E-state index in [2.05, 4.69) is 11.3 Å². The Morgan fingerprint density at radius 3 is 2.80 bits per heavy atom. The van der Waals surface area contributed by atoms with Crippen LogP contribution in [0.15, 0.2) is 24.8 Å². The first kappa shape index (κ1) is 9.24. The average Bonchev–Trinajstić information content (AvgIpc) is 1.98. The highest BCUT2D eigenvalue weighted by molar-refractivity contribution is 6.18. The van der Waals surface area contributed by atoms with Gasteiger partial charge in [0.15, 0.2) is 0 Å². The highest BCUT2D eigenvalue weighted by Crippen LogP contribution is 1.82. The van der Waals surface area contributed by atoms with Crippen molar-refractivity contribution in [2.75, 3.05) is 12.5 Å². The molecule has 0 aromatic heterocycles. The summed E-state index contributed by atoms with van der Waals surface area (Å²) < 4.78 is 4.59. The lowest BCUT2D eigenvalue weighted by atomic mass is 10.5. The molecular weight excluding hydrogens is 152 g/mol. The average molecular weight is 161 g/mol. The van der Waals surface area contributed by atoms with Crippen LogP contribution < -0.4 is 0 Å². The van der Waals surface area contributed by atoms with Crippen LogP contribution in [0, 0.1) is 0 Å². The number of allylic oxidation sites excluding steroid dienone is 1. The number of rotatable bonds is 4. The van der Waals surface area contributed by atoms with Crippen molar-refractivity contribution < 1.29 is 9.53 Å². The normalized spacial score (nSPS) is 9.70. The lowest BCUT2D eigenvalue weighted by molar-refractivity contribution is -0.136. The highest BCUT2D eigenvalue weighted by atomic mass is 35.5. The van der Waals surface area contributed by atoms with Gasteiger partial charge in [0.2, 0.25) is 0 Å². The molecule has 0 aromatic carbocycles. The van der Waals surface area contributed by atoms with Crippen LogP contribution in [0.4, 0.5) is 0 Å². The molecule has 0 saturated carbocycles. The third-order valence-electron chi connectivity index (χ3n) is 0.744. The summed E-state index contributed by atoms with van der Waals surface area (Å²) in [6.07, 6.45) is 4.50. The molecule has 0 radical (unpaired) electrons. The van der Waals surface area contributed by atoms with Crippen molar-refractivity contribution >= 4 is 17.6 Å². The second-order valence-electron chi connectivity index (χ2n) is 1.46. The Balaban J connectivity index is 3.27. The van der Waals surface area contributed by atoms with Crippen LogP contribution >= 0.6 is 11.6 Å². The Morgan fingerprint density at radius 2 is 2.30 bits per heavy atom.